The van der Waals surface area contributed by atoms with Gasteiger partial charge in [0, 0.05) is 7.05 Å². The molecule has 1 aromatic carbocycles. The average molecular weight is 304 g/mol. The standard InChI is InChI=1S/C17H24N2O3/c1-17(2,3)22-16(21)19(4)14(15(20)10-11-18)12-13-8-6-5-7-9-13/h5-9,14-15,20H,10,12H2,1-4H3/t14-,15+/m0/s1. The second-order valence-electron chi connectivity index (χ2n) is 6.28. The number of carbonyl (C=O) groups excluding carboxylic acids is 1. The lowest BCUT2D eigenvalue weighted by molar-refractivity contribution is 0.00293. The van der Waals surface area contributed by atoms with Gasteiger partial charge in [-0.05, 0) is 32.8 Å². The molecule has 0 aromatic heterocycles. The molecule has 0 aliphatic heterocycles. The van der Waals surface area contributed by atoms with Gasteiger partial charge in [0.2, 0.25) is 0 Å². The lowest BCUT2D eigenvalue weighted by Gasteiger charge is -2.33. The molecule has 0 aliphatic rings. The molecule has 120 valence electrons. The Labute approximate surface area is 132 Å². The molecule has 0 aliphatic carbocycles. The molecule has 0 heterocycles. The summed E-state index contributed by atoms with van der Waals surface area (Å²) in [7, 11) is 1.59. The fourth-order valence-electron chi connectivity index (χ4n) is 2.09. The Bertz CT molecular complexity index is 517. The summed E-state index contributed by atoms with van der Waals surface area (Å²) in [6, 6.07) is 11.0. The molecule has 22 heavy (non-hydrogen) atoms. The summed E-state index contributed by atoms with van der Waals surface area (Å²) in [4.78, 5) is 13.6. The molecule has 0 saturated carbocycles. The van der Waals surface area contributed by atoms with Crippen molar-refractivity contribution in [2.24, 2.45) is 0 Å². The molecule has 5 heteroatoms. The molecule has 1 N–H and O–H groups in total. The minimum atomic E-state index is -0.928. The van der Waals surface area contributed by atoms with E-state index in [-0.39, 0.29) is 6.42 Å². The molecule has 0 unspecified atom stereocenters. The topological polar surface area (TPSA) is 73.6 Å². The van der Waals surface area contributed by atoms with Gasteiger partial charge in [-0.1, -0.05) is 30.3 Å². The number of ether oxygens (including phenoxy) is 1. The van der Waals surface area contributed by atoms with Crippen LogP contribution in [0.1, 0.15) is 32.8 Å². The third-order valence-electron chi connectivity index (χ3n) is 3.21. The van der Waals surface area contributed by atoms with E-state index in [1.165, 1.54) is 4.90 Å². The Morgan fingerprint density at radius 1 is 1.36 bits per heavy atom. The van der Waals surface area contributed by atoms with Crippen molar-refractivity contribution in [1.82, 2.24) is 4.90 Å². The van der Waals surface area contributed by atoms with Crippen molar-refractivity contribution in [3.05, 3.63) is 35.9 Å². The molecule has 0 spiro atoms. The van der Waals surface area contributed by atoms with E-state index < -0.39 is 23.8 Å². The first-order chi connectivity index (χ1) is 10.2. The van der Waals surface area contributed by atoms with Crippen LogP contribution in [0, 0.1) is 11.3 Å². The van der Waals surface area contributed by atoms with E-state index in [1.54, 1.807) is 27.8 Å². The van der Waals surface area contributed by atoms with Crippen LogP contribution in [0.2, 0.25) is 0 Å². The Morgan fingerprint density at radius 2 is 1.95 bits per heavy atom. The van der Waals surface area contributed by atoms with Crippen LogP contribution in [-0.2, 0) is 11.2 Å². The summed E-state index contributed by atoms with van der Waals surface area (Å²) in [5.41, 5.74) is 0.378. The predicted octanol–water partition coefficient (Wildman–Crippen LogP) is 2.74. The zero-order chi connectivity index (χ0) is 16.8. The maximum Gasteiger partial charge on any atom is 0.410 e. The highest BCUT2D eigenvalue weighted by molar-refractivity contribution is 5.68. The lowest BCUT2D eigenvalue weighted by Crippen LogP contribution is -2.47. The number of carbonyl (C=O) groups is 1. The highest BCUT2D eigenvalue weighted by atomic mass is 16.6. The molecule has 0 fully saturated rings. The smallest absolute Gasteiger partial charge is 0.410 e. The summed E-state index contributed by atoms with van der Waals surface area (Å²) in [6.45, 7) is 5.37. The van der Waals surface area contributed by atoms with Crippen LogP contribution < -0.4 is 0 Å². The van der Waals surface area contributed by atoms with Crippen LogP contribution in [0.4, 0.5) is 4.79 Å². The third-order valence-corrected chi connectivity index (χ3v) is 3.21. The largest absolute Gasteiger partial charge is 0.444 e. The maximum absolute atomic E-state index is 12.2. The Morgan fingerprint density at radius 3 is 2.45 bits per heavy atom. The van der Waals surface area contributed by atoms with Gasteiger partial charge in [0.1, 0.15) is 5.60 Å². The SMILES string of the molecule is CN(C(=O)OC(C)(C)C)[C@@H](Cc1ccccc1)[C@H](O)CC#N. The summed E-state index contributed by atoms with van der Waals surface area (Å²) in [5, 5.41) is 19.0. The molecule has 1 amide bonds. The fourth-order valence-corrected chi connectivity index (χ4v) is 2.09. The maximum atomic E-state index is 12.2. The predicted molar refractivity (Wildman–Crippen MR) is 84.2 cm³/mol. The number of aliphatic hydroxyl groups excluding tert-OH is 1. The van der Waals surface area contributed by atoms with Crippen molar-refractivity contribution in [3.8, 4) is 6.07 Å². The van der Waals surface area contributed by atoms with Gasteiger partial charge in [0.05, 0.1) is 24.6 Å². The number of nitrogens with zero attached hydrogens (tertiary/aromatic N) is 2. The van der Waals surface area contributed by atoms with Crippen molar-refractivity contribution in [1.29, 1.82) is 5.26 Å². The molecule has 5 nitrogen and oxygen atoms in total. The number of aliphatic hydroxyl groups is 1. The summed E-state index contributed by atoms with van der Waals surface area (Å²) in [5.74, 6) is 0. The van der Waals surface area contributed by atoms with Crippen molar-refractivity contribution in [2.75, 3.05) is 7.05 Å². The third kappa shape index (κ3) is 5.74. The van der Waals surface area contributed by atoms with Crippen molar-refractivity contribution >= 4 is 6.09 Å². The number of hydrogen-bond acceptors (Lipinski definition) is 4. The molecule has 0 radical (unpaired) electrons. The van der Waals surface area contributed by atoms with Crippen LogP contribution in [-0.4, -0.2) is 40.9 Å². The Hall–Kier alpha value is -2.06. The van der Waals surface area contributed by atoms with Crippen molar-refractivity contribution < 1.29 is 14.6 Å². The first-order valence-corrected chi connectivity index (χ1v) is 7.29. The summed E-state index contributed by atoms with van der Waals surface area (Å²) >= 11 is 0. The first-order valence-electron chi connectivity index (χ1n) is 7.29. The molecular formula is C17H24N2O3. The van der Waals surface area contributed by atoms with Gasteiger partial charge in [0.25, 0.3) is 0 Å². The van der Waals surface area contributed by atoms with Gasteiger partial charge in [-0.15, -0.1) is 0 Å². The zero-order valence-corrected chi connectivity index (χ0v) is 13.6. The number of rotatable bonds is 5. The van der Waals surface area contributed by atoms with E-state index in [0.717, 1.165) is 5.56 Å². The second kappa shape index (κ2) is 7.81. The quantitative estimate of drug-likeness (QED) is 0.907. The second-order valence-corrected chi connectivity index (χ2v) is 6.28. The highest BCUT2D eigenvalue weighted by Crippen LogP contribution is 2.17. The van der Waals surface area contributed by atoms with E-state index >= 15 is 0 Å². The number of hydrogen-bond donors (Lipinski definition) is 1. The van der Waals surface area contributed by atoms with Gasteiger partial charge < -0.3 is 14.7 Å². The van der Waals surface area contributed by atoms with Gasteiger partial charge in [-0.2, -0.15) is 5.26 Å². The van der Waals surface area contributed by atoms with E-state index in [2.05, 4.69) is 0 Å². The van der Waals surface area contributed by atoms with Crippen molar-refractivity contribution in [2.45, 2.75) is 51.4 Å². The number of likely N-dealkylation sites (N-methyl/N-ethyl adjacent to an activating group) is 1. The van der Waals surface area contributed by atoms with Gasteiger partial charge >= 0.3 is 6.09 Å². The normalized spacial score (nSPS) is 13.8. The number of amides is 1. The van der Waals surface area contributed by atoms with Crippen LogP contribution in [0.15, 0.2) is 30.3 Å². The average Bonchev–Trinajstić information content (AvgIpc) is 2.43. The van der Waals surface area contributed by atoms with E-state index in [1.807, 2.05) is 36.4 Å². The fraction of sp³-hybridized carbons (Fsp3) is 0.529. The molecule has 1 aromatic rings. The van der Waals surface area contributed by atoms with Crippen LogP contribution in [0.3, 0.4) is 0 Å². The minimum Gasteiger partial charge on any atom is -0.444 e. The number of nitriles is 1. The van der Waals surface area contributed by atoms with E-state index in [4.69, 9.17) is 10.00 Å². The van der Waals surface area contributed by atoms with Gasteiger partial charge in [-0.25, -0.2) is 4.79 Å². The monoisotopic (exact) mass is 304 g/mol. The minimum absolute atomic E-state index is 0.0371. The Kier molecular flexibility index (Phi) is 6.39. The summed E-state index contributed by atoms with van der Waals surface area (Å²) < 4.78 is 5.34. The van der Waals surface area contributed by atoms with Crippen molar-refractivity contribution in [3.63, 3.8) is 0 Å². The Balaban J connectivity index is 2.90. The van der Waals surface area contributed by atoms with Gasteiger partial charge in [-0.3, -0.25) is 0 Å². The van der Waals surface area contributed by atoms with Crippen LogP contribution in [0.5, 0.6) is 0 Å². The molecule has 1 rings (SSSR count). The molecule has 0 saturated heterocycles. The van der Waals surface area contributed by atoms with E-state index in [9.17, 15) is 9.90 Å². The van der Waals surface area contributed by atoms with Gasteiger partial charge in [0.15, 0.2) is 0 Å². The first kappa shape index (κ1) is 18.0. The van der Waals surface area contributed by atoms with E-state index in [0.29, 0.717) is 6.42 Å². The lowest BCUT2D eigenvalue weighted by atomic mass is 9.98. The van der Waals surface area contributed by atoms with Crippen LogP contribution in [0.25, 0.3) is 0 Å². The molecular weight excluding hydrogens is 280 g/mol. The zero-order valence-electron chi connectivity index (χ0n) is 13.6. The highest BCUT2D eigenvalue weighted by Gasteiger charge is 2.30. The number of benzene rings is 1. The van der Waals surface area contributed by atoms with Crippen LogP contribution >= 0.6 is 0 Å². The molecule has 0 bridgehead atoms. The molecule has 2 atom stereocenters. The summed E-state index contributed by atoms with van der Waals surface area (Å²) in [6.07, 6.45) is -1.02.